The number of nitrogens with zero attached hydrogens (tertiary/aromatic N) is 3. The number of hydrogen-bond donors (Lipinski definition) is 2. The quantitative estimate of drug-likeness (QED) is 0.610. The molecule has 0 radical (unpaired) electrons. The molecule has 29 heavy (non-hydrogen) atoms. The Morgan fingerprint density at radius 2 is 1.90 bits per heavy atom. The minimum absolute atomic E-state index is 0.0904. The summed E-state index contributed by atoms with van der Waals surface area (Å²) in [6.45, 7) is 0. The molecule has 0 aliphatic carbocycles. The summed E-state index contributed by atoms with van der Waals surface area (Å²) in [6.07, 6.45) is 6.98. The van der Waals surface area contributed by atoms with Crippen molar-refractivity contribution in [2.75, 3.05) is 15.9 Å². The SMILES string of the molecule is Cn1ccc([C@H]2[C@H](c3ccccn3)NC(=S)N2c2ccc(NS(C)(=O)=O)cc2)c1. The van der Waals surface area contributed by atoms with Gasteiger partial charge in [0.05, 0.1) is 24.0 Å². The van der Waals surface area contributed by atoms with Crippen LogP contribution >= 0.6 is 12.2 Å². The van der Waals surface area contributed by atoms with Crippen LogP contribution in [0.25, 0.3) is 0 Å². The summed E-state index contributed by atoms with van der Waals surface area (Å²) in [5.41, 5.74) is 3.39. The molecule has 7 nitrogen and oxygen atoms in total. The molecule has 2 N–H and O–H groups in total. The zero-order chi connectivity index (χ0) is 20.6. The van der Waals surface area contributed by atoms with Crippen molar-refractivity contribution in [1.29, 1.82) is 0 Å². The van der Waals surface area contributed by atoms with Crippen LogP contribution < -0.4 is 14.9 Å². The Balaban J connectivity index is 1.73. The molecule has 150 valence electrons. The third-order valence-corrected chi connectivity index (χ3v) is 5.66. The van der Waals surface area contributed by atoms with E-state index in [4.69, 9.17) is 12.2 Å². The fraction of sp³-hybridized carbons (Fsp3) is 0.200. The lowest BCUT2D eigenvalue weighted by Gasteiger charge is -2.27. The van der Waals surface area contributed by atoms with E-state index in [0.717, 1.165) is 23.2 Å². The van der Waals surface area contributed by atoms with E-state index in [1.54, 1.807) is 18.3 Å². The first-order valence-electron chi connectivity index (χ1n) is 9.02. The molecule has 1 saturated heterocycles. The molecule has 0 spiro atoms. The van der Waals surface area contributed by atoms with E-state index < -0.39 is 10.0 Å². The molecule has 2 atom stereocenters. The van der Waals surface area contributed by atoms with Crippen LogP contribution in [0.4, 0.5) is 11.4 Å². The van der Waals surface area contributed by atoms with Gasteiger partial charge < -0.3 is 14.8 Å². The molecular formula is C20H21N5O2S2. The maximum atomic E-state index is 11.5. The van der Waals surface area contributed by atoms with Crippen LogP contribution in [0, 0.1) is 0 Å². The summed E-state index contributed by atoms with van der Waals surface area (Å²) >= 11 is 5.67. The average molecular weight is 428 g/mol. The summed E-state index contributed by atoms with van der Waals surface area (Å²) in [5.74, 6) is 0. The molecule has 1 fully saturated rings. The van der Waals surface area contributed by atoms with E-state index in [0.29, 0.717) is 10.8 Å². The lowest BCUT2D eigenvalue weighted by molar-refractivity contribution is 0.567. The number of hydrogen-bond acceptors (Lipinski definition) is 4. The molecule has 1 aliphatic heterocycles. The van der Waals surface area contributed by atoms with Crippen molar-refractivity contribution in [3.05, 3.63) is 78.4 Å². The minimum atomic E-state index is -3.33. The number of sulfonamides is 1. The van der Waals surface area contributed by atoms with Crippen molar-refractivity contribution in [2.45, 2.75) is 12.1 Å². The molecule has 2 aromatic heterocycles. The highest BCUT2D eigenvalue weighted by atomic mass is 32.2. The smallest absolute Gasteiger partial charge is 0.229 e. The Labute approximate surface area is 175 Å². The molecule has 0 unspecified atom stereocenters. The predicted molar refractivity (Wildman–Crippen MR) is 118 cm³/mol. The molecule has 1 aliphatic rings. The number of aromatic nitrogens is 2. The molecule has 3 heterocycles. The van der Waals surface area contributed by atoms with Crippen LogP contribution in [0.2, 0.25) is 0 Å². The van der Waals surface area contributed by atoms with Gasteiger partial charge in [-0.05, 0) is 60.2 Å². The summed E-state index contributed by atoms with van der Waals surface area (Å²) < 4.78 is 27.4. The predicted octanol–water partition coefficient (Wildman–Crippen LogP) is 2.97. The molecule has 0 saturated carbocycles. The number of aryl methyl sites for hydroxylation is 1. The number of pyridine rings is 1. The number of rotatable bonds is 5. The highest BCUT2D eigenvalue weighted by Crippen LogP contribution is 2.41. The second kappa shape index (κ2) is 7.49. The topological polar surface area (TPSA) is 79.3 Å². The largest absolute Gasteiger partial charge is 0.357 e. The Bertz CT molecular complexity index is 1130. The van der Waals surface area contributed by atoms with E-state index in [2.05, 4.69) is 27.3 Å². The Kier molecular flexibility index (Phi) is 5.01. The first-order chi connectivity index (χ1) is 13.8. The summed E-state index contributed by atoms with van der Waals surface area (Å²) in [7, 11) is -1.35. The highest BCUT2D eigenvalue weighted by molar-refractivity contribution is 7.92. The van der Waals surface area contributed by atoms with Gasteiger partial charge in [0, 0.05) is 37.0 Å². The number of thiocarbonyl (C=S) groups is 1. The molecule has 9 heteroatoms. The van der Waals surface area contributed by atoms with Crippen LogP contribution in [0.1, 0.15) is 23.3 Å². The number of anilines is 2. The van der Waals surface area contributed by atoms with Crippen molar-refractivity contribution in [1.82, 2.24) is 14.9 Å². The molecule has 0 bridgehead atoms. The second-order valence-electron chi connectivity index (χ2n) is 7.03. The molecule has 4 rings (SSSR count). The van der Waals surface area contributed by atoms with Gasteiger partial charge in [0.2, 0.25) is 10.0 Å². The van der Waals surface area contributed by atoms with Crippen molar-refractivity contribution in [3.63, 3.8) is 0 Å². The third kappa shape index (κ3) is 4.10. The summed E-state index contributed by atoms with van der Waals surface area (Å²) in [6, 6.07) is 14.9. The molecule has 3 aromatic rings. The maximum Gasteiger partial charge on any atom is 0.229 e. The van der Waals surface area contributed by atoms with Gasteiger partial charge in [0.15, 0.2) is 5.11 Å². The normalized spacial score (nSPS) is 19.2. The highest BCUT2D eigenvalue weighted by Gasteiger charge is 2.40. The van der Waals surface area contributed by atoms with Crippen LogP contribution in [-0.4, -0.2) is 29.3 Å². The fourth-order valence-electron chi connectivity index (χ4n) is 3.58. The van der Waals surface area contributed by atoms with Crippen LogP contribution in [-0.2, 0) is 17.1 Å². The van der Waals surface area contributed by atoms with E-state index >= 15 is 0 Å². The van der Waals surface area contributed by atoms with Crippen LogP contribution in [0.5, 0.6) is 0 Å². The summed E-state index contributed by atoms with van der Waals surface area (Å²) in [5, 5.41) is 4.00. The van der Waals surface area contributed by atoms with Crippen LogP contribution in [0.15, 0.2) is 67.1 Å². The molecule has 1 aromatic carbocycles. The van der Waals surface area contributed by atoms with Gasteiger partial charge in [-0.25, -0.2) is 8.42 Å². The standard InChI is InChI=1S/C20H21N5O2S2/c1-24-12-10-14(13-24)19-18(17-5-3-4-11-21-17)22-20(28)25(19)16-8-6-15(7-9-16)23-29(2,26)27/h3-13,18-19,23H,1-2H3,(H,22,28)/t18-,19-/m0/s1. The first kappa shape index (κ1) is 19.4. The van der Waals surface area contributed by atoms with Crippen molar-refractivity contribution < 1.29 is 8.42 Å². The van der Waals surface area contributed by atoms with E-state index in [-0.39, 0.29) is 12.1 Å². The van der Waals surface area contributed by atoms with Crippen LogP contribution in [0.3, 0.4) is 0 Å². The Morgan fingerprint density at radius 3 is 2.48 bits per heavy atom. The minimum Gasteiger partial charge on any atom is -0.357 e. The van der Waals surface area contributed by atoms with E-state index in [1.807, 2.05) is 53.0 Å². The van der Waals surface area contributed by atoms with Gasteiger partial charge in [-0.2, -0.15) is 0 Å². The van der Waals surface area contributed by atoms with E-state index in [9.17, 15) is 8.42 Å². The Morgan fingerprint density at radius 1 is 1.14 bits per heavy atom. The zero-order valence-electron chi connectivity index (χ0n) is 16.0. The molecular weight excluding hydrogens is 406 g/mol. The maximum absolute atomic E-state index is 11.5. The third-order valence-electron chi connectivity index (χ3n) is 4.74. The van der Waals surface area contributed by atoms with Crippen molar-refractivity contribution in [2.24, 2.45) is 7.05 Å². The average Bonchev–Trinajstić information content (AvgIpc) is 3.25. The van der Waals surface area contributed by atoms with Gasteiger partial charge in [-0.1, -0.05) is 6.07 Å². The Hall–Kier alpha value is -2.91. The van der Waals surface area contributed by atoms with Gasteiger partial charge in [0.25, 0.3) is 0 Å². The van der Waals surface area contributed by atoms with Crippen molar-refractivity contribution >= 4 is 38.7 Å². The second-order valence-corrected chi connectivity index (χ2v) is 9.16. The lowest BCUT2D eigenvalue weighted by Crippen LogP contribution is -2.29. The number of nitrogens with one attached hydrogen (secondary N) is 2. The van der Waals surface area contributed by atoms with E-state index in [1.165, 1.54) is 0 Å². The monoisotopic (exact) mass is 427 g/mol. The number of benzene rings is 1. The first-order valence-corrected chi connectivity index (χ1v) is 11.3. The fourth-order valence-corrected chi connectivity index (χ4v) is 4.49. The zero-order valence-corrected chi connectivity index (χ0v) is 17.6. The van der Waals surface area contributed by atoms with Gasteiger partial charge >= 0.3 is 0 Å². The van der Waals surface area contributed by atoms with Gasteiger partial charge in [-0.15, -0.1) is 0 Å². The van der Waals surface area contributed by atoms with Gasteiger partial charge in [0.1, 0.15) is 0 Å². The summed E-state index contributed by atoms with van der Waals surface area (Å²) in [4.78, 5) is 6.58. The molecule has 0 amide bonds. The lowest BCUT2D eigenvalue weighted by atomic mass is 9.98. The van der Waals surface area contributed by atoms with Crippen molar-refractivity contribution in [3.8, 4) is 0 Å². The van der Waals surface area contributed by atoms with Gasteiger partial charge in [-0.3, -0.25) is 9.71 Å².